The van der Waals surface area contributed by atoms with Crippen LogP contribution in [0.4, 0.5) is 0 Å². The van der Waals surface area contributed by atoms with E-state index in [1.54, 1.807) is 23.1 Å². The molecule has 5 rings (SSSR count). The van der Waals surface area contributed by atoms with E-state index < -0.39 is 21.9 Å². The molecule has 1 amide bonds. The number of rotatable bonds is 6. The molecule has 2 aromatic carbocycles. The van der Waals surface area contributed by atoms with Crippen molar-refractivity contribution in [1.29, 1.82) is 0 Å². The summed E-state index contributed by atoms with van der Waals surface area (Å²) in [7, 11) is -3.21. The summed E-state index contributed by atoms with van der Waals surface area (Å²) >= 11 is 0. The van der Waals surface area contributed by atoms with Crippen molar-refractivity contribution in [3.05, 3.63) is 77.5 Å². The first-order chi connectivity index (χ1) is 16.3. The third-order valence-corrected chi connectivity index (χ3v) is 8.13. The quantitative estimate of drug-likeness (QED) is 0.524. The number of nitrogens with one attached hydrogen (secondary N) is 1. The van der Waals surface area contributed by atoms with Crippen LogP contribution in [0.1, 0.15) is 39.6 Å². The van der Waals surface area contributed by atoms with Crippen LogP contribution in [-0.4, -0.2) is 58.7 Å². The van der Waals surface area contributed by atoms with Crippen LogP contribution < -0.4 is 4.74 Å². The summed E-state index contributed by atoms with van der Waals surface area (Å²) in [5.74, 6) is 0.409. The molecule has 3 aromatic rings. The molecule has 1 aromatic heterocycles. The first kappa shape index (κ1) is 22.2. The van der Waals surface area contributed by atoms with Crippen LogP contribution in [0.25, 0.3) is 11.3 Å². The molecule has 2 aliphatic heterocycles. The second kappa shape index (κ2) is 8.32. The number of sulfone groups is 1. The molecule has 3 heterocycles. The molecule has 0 aliphatic carbocycles. The van der Waals surface area contributed by atoms with Gasteiger partial charge in [0.1, 0.15) is 29.5 Å². The lowest BCUT2D eigenvalue weighted by atomic mass is 9.94. The van der Waals surface area contributed by atoms with Gasteiger partial charge in [-0.2, -0.15) is 5.10 Å². The zero-order chi connectivity index (χ0) is 24.0. The number of H-pyrrole nitrogens is 1. The molecule has 2 unspecified atom stereocenters. The summed E-state index contributed by atoms with van der Waals surface area (Å²) in [6.07, 6.45) is 2.04. The van der Waals surface area contributed by atoms with E-state index in [0.29, 0.717) is 41.3 Å². The summed E-state index contributed by atoms with van der Waals surface area (Å²) in [4.78, 5) is 15.2. The molecular weight excluding hydrogens is 454 g/mol. The number of nitrogens with zero attached hydrogens (tertiary/aromatic N) is 2. The Hall–Kier alpha value is -3.59. The topological polar surface area (TPSA) is 113 Å². The van der Waals surface area contributed by atoms with Gasteiger partial charge < -0.3 is 14.7 Å². The average molecular weight is 480 g/mol. The smallest absolute Gasteiger partial charge is 0.273 e. The third-order valence-electron chi connectivity index (χ3n) is 6.38. The van der Waals surface area contributed by atoms with Gasteiger partial charge in [0.2, 0.25) is 0 Å². The fourth-order valence-electron chi connectivity index (χ4n) is 4.81. The standard InChI is InChI=1S/C25H25N3O5S/c1-3-11-33-18-7-5-16(6-8-18)24-21-22(19-13-15(2)4-9-20(19)29)26-27-23(21)25(30)28(24)17-10-12-34(31,32)14-17/h3-9,13,17,24,29H,1,10-12,14H2,2H3,(H,26,27). The summed E-state index contributed by atoms with van der Waals surface area (Å²) in [6, 6.07) is 11.6. The molecule has 8 nitrogen and oxygen atoms in total. The molecule has 0 spiro atoms. The molecule has 2 aliphatic rings. The Bertz CT molecular complexity index is 1380. The average Bonchev–Trinajstić information content (AvgIpc) is 3.47. The summed E-state index contributed by atoms with van der Waals surface area (Å²) in [5.41, 5.74) is 3.68. The Morgan fingerprint density at radius 2 is 2.03 bits per heavy atom. The Morgan fingerprint density at radius 3 is 2.71 bits per heavy atom. The van der Waals surface area contributed by atoms with Gasteiger partial charge in [-0.1, -0.05) is 36.4 Å². The molecule has 1 saturated heterocycles. The molecular formula is C25H25N3O5S. The molecule has 176 valence electrons. The van der Waals surface area contributed by atoms with E-state index in [2.05, 4.69) is 16.8 Å². The van der Waals surface area contributed by atoms with Crippen molar-refractivity contribution >= 4 is 15.7 Å². The Balaban J connectivity index is 1.64. The zero-order valence-corrected chi connectivity index (χ0v) is 19.5. The number of phenols is 1. The van der Waals surface area contributed by atoms with Crippen LogP contribution in [0.3, 0.4) is 0 Å². The lowest BCUT2D eigenvalue weighted by molar-refractivity contribution is 0.0677. The number of aryl methyl sites for hydroxylation is 1. The Labute approximate surface area is 197 Å². The van der Waals surface area contributed by atoms with Gasteiger partial charge in [-0.3, -0.25) is 9.89 Å². The summed E-state index contributed by atoms with van der Waals surface area (Å²) < 4.78 is 30.1. The molecule has 34 heavy (non-hydrogen) atoms. The minimum absolute atomic E-state index is 0.0558. The highest BCUT2D eigenvalue weighted by Gasteiger charge is 2.48. The van der Waals surface area contributed by atoms with Gasteiger partial charge in [-0.25, -0.2) is 8.42 Å². The zero-order valence-electron chi connectivity index (χ0n) is 18.7. The van der Waals surface area contributed by atoms with Crippen LogP contribution >= 0.6 is 0 Å². The van der Waals surface area contributed by atoms with Gasteiger partial charge in [-0.05, 0) is 43.2 Å². The maximum Gasteiger partial charge on any atom is 0.273 e. The molecule has 2 N–H and O–H groups in total. The molecule has 0 saturated carbocycles. The maximum atomic E-state index is 13.5. The SMILES string of the molecule is C=CCOc1ccc(C2c3c(-c4cc(C)ccc4O)n[nH]c3C(=O)N2C2CCS(=O)(=O)C2)cc1. The Morgan fingerprint density at radius 1 is 1.26 bits per heavy atom. The van der Waals surface area contributed by atoms with Crippen LogP contribution in [0.5, 0.6) is 11.5 Å². The van der Waals surface area contributed by atoms with Crippen LogP contribution in [0.15, 0.2) is 55.1 Å². The Kier molecular flexibility index (Phi) is 5.44. The fraction of sp³-hybridized carbons (Fsp3) is 0.280. The molecule has 0 radical (unpaired) electrons. The lowest BCUT2D eigenvalue weighted by Crippen LogP contribution is -2.40. The predicted octanol–water partition coefficient (Wildman–Crippen LogP) is 3.39. The van der Waals surface area contributed by atoms with E-state index in [9.17, 15) is 18.3 Å². The number of carbonyl (C=O) groups is 1. The molecule has 0 bridgehead atoms. The number of fused-ring (bicyclic) bond motifs is 1. The number of benzene rings is 2. The number of phenolic OH excluding ortho intramolecular Hbond substituents is 1. The number of aromatic hydroxyl groups is 1. The summed E-state index contributed by atoms with van der Waals surface area (Å²) in [5, 5.41) is 17.8. The van der Waals surface area contributed by atoms with Crippen molar-refractivity contribution in [2.24, 2.45) is 0 Å². The van der Waals surface area contributed by atoms with Gasteiger partial charge in [0.15, 0.2) is 9.84 Å². The van der Waals surface area contributed by atoms with Gasteiger partial charge in [0, 0.05) is 17.2 Å². The molecule has 9 heteroatoms. The second-order valence-corrected chi connectivity index (χ2v) is 11.0. The van der Waals surface area contributed by atoms with E-state index >= 15 is 0 Å². The number of aromatic nitrogens is 2. The highest BCUT2D eigenvalue weighted by atomic mass is 32.2. The lowest BCUT2D eigenvalue weighted by Gasteiger charge is -2.31. The molecule has 2 atom stereocenters. The van der Waals surface area contributed by atoms with Crippen molar-refractivity contribution in [2.75, 3.05) is 18.1 Å². The monoisotopic (exact) mass is 479 g/mol. The highest BCUT2D eigenvalue weighted by Crippen LogP contribution is 2.46. The van der Waals surface area contributed by atoms with Crippen LogP contribution in [0.2, 0.25) is 0 Å². The first-order valence-electron chi connectivity index (χ1n) is 11.0. The van der Waals surface area contributed by atoms with E-state index in [0.717, 1.165) is 11.1 Å². The van der Waals surface area contributed by atoms with E-state index in [1.165, 1.54) is 0 Å². The minimum Gasteiger partial charge on any atom is -0.507 e. The number of aromatic amines is 1. The van der Waals surface area contributed by atoms with E-state index in [1.807, 2.05) is 37.3 Å². The largest absolute Gasteiger partial charge is 0.507 e. The van der Waals surface area contributed by atoms with Crippen LogP contribution in [-0.2, 0) is 9.84 Å². The van der Waals surface area contributed by atoms with Crippen molar-refractivity contribution in [2.45, 2.75) is 25.4 Å². The highest BCUT2D eigenvalue weighted by molar-refractivity contribution is 7.91. The van der Waals surface area contributed by atoms with Gasteiger partial charge in [0.25, 0.3) is 5.91 Å². The van der Waals surface area contributed by atoms with E-state index in [4.69, 9.17) is 4.74 Å². The minimum atomic E-state index is -3.21. The van der Waals surface area contributed by atoms with Crippen molar-refractivity contribution in [1.82, 2.24) is 15.1 Å². The van der Waals surface area contributed by atoms with Gasteiger partial charge in [-0.15, -0.1) is 0 Å². The molecule has 1 fully saturated rings. The fourth-order valence-corrected chi connectivity index (χ4v) is 6.52. The number of hydrogen-bond acceptors (Lipinski definition) is 6. The van der Waals surface area contributed by atoms with Crippen molar-refractivity contribution in [3.63, 3.8) is 0 Å². The second-order valence-electron chi connectivity index (χ2n) is 8.72. The third kappa shape index (κ3) is 3.75. The van der Waals surface area contributed by atoms with Crippen LogP contribution in [0, 0.1) is 6.92 Å². The van der Waals surface area contributed by atoms with Gasteiger partial charge >= 0.3 is 0 Å². The van der Waals surface area contributed by atoms with E-state index in [-0.39, 0.29) is 23.2 Å². The normalized spacial score (nSPS) is 21.0. The number of hydrogen-bond donors (Lipinski definition) is 2. The van der Waals surface area contributed by atoms with Crippen molar-refractivity contribution < 1.29 is 23.1 Å². The summed E-state index contributed by atoms with van der Waals surface area (Å²) in [6.45, 7) is 5.94. The number of carbonyl (C=O) groups excluding carboxylic acids is 1. The number of ether oxygens (including phenoxy) is 1. The van der Waals surface area contributed by atoms with Gasteiger partial charge in [0.05, 0.1) is 17.5 Å². The predicted molar refractivity (Wildman–Crippen MR) is 128 cm³/mol. The van der Waals surface area contributed by atoms with Crippen molar-refractivity contribution in [3.8, 4) is 22.8 Å². The maximum absolute atomic E-state index is 13.5. The first-order valence-corrected chi connectivity index (χ1v) is 12.9. The number of amides is 1.